The lowest BCUT2D eigenvalue weighted by atomic mass is 9.91. The van der Waals surface area contributed by atoms with E-state index in [2.05, 4.69) is 6.92 Å². The van der Waals surface area contributed by atoms with Gasteiger partial charge >= 0.3 is 0 Å². The minimum absolute atomic E-state index is 0.0387. The fraction of sp³-hybridized carbons (Fsp3) is 0.647. The zero-order chi connectivity index (χ0) is 15.9. The summed E-state index contributed by atoms with van der Waals surface area (Å²) in [4.78, 5) is 0. The second kappa shape index (κ2) is 8.46. The molecule has 0 saturated heterocycles. The molecule has 0 aliphatic heterocycles. The third-order valence-corrected chi connectivity index (χ3v) is 3.96. The van der Waals surface area contributed by atoms with E-state index in [1.165, 1.54) is 19.2 Å². The Morgan fingerprint density at radius 2 is 2.09 bits per heavy atom. The van der Waals surface area contributed by atoms with Gasteiger partial charge in [0.05, 0.1) is 25.9 Å². The molecule has 0 heterocycles. The van der Waals surface area contributed by atoms with Gasteiger partial charge < -0.3 is 19.3 Å². The van der Waals surface area contributed by atoms with Crippen LogP contribution < -0.4 is 4.74 Å². The van der Waals surface area contributed by atoms with Crippen LogP contribution in [0.5, 0.6) is 5.75 Å². The molecule has 0 aromatic heterocycles. The topological polar surface area (TPSA) is 47.9 Å². The Labute approximate surface area is 131 Å². The van der Waals surface area contributed by atoms with Crippen LogP contribution in [0.2, 0.25) is 0 Å². The van der Waals surface area contributed by atoms with E-state index in [-0.39, 0.29) is 24.6 Å². The molecule has 22 heavy (non-hydrogen) atoms. The summed E-state index contributed by atoms with van der Waals surface area (Å²) < 4.78 is 30.2. The molecule has 0 unspecified atom stereocenters. The molecule has 1 saturated carbocycles. The van der Waals surface area contributed by atoms with Crippen LogP contribution >= 0.6 is 0 Å². The molecule has 1 N–H and O–H groups in total. The van der Waals surface area contributed by atoms with Gasteiger partial charge in [-0.15, -0.1) is 0 Å². The Balaban J connectivity index is 1.87. The maximum atomic E-state index is 13.4. The van der Waals surface area contributed by atoms with E-state index in [1.807, 2.05) is 0 Å². The molecule has 0 bridgehead atoms. The SMILES string of the molecule is CCCCO[C@H]1C[C@@H](O[C@@H](CO)c2cc(F)ccc2OC)C1. The fourth-order valence-electron chi connectivity index (χ4n) is 2.56. The van der Waals surface area contributed by atoms with E-state index in [1.54, 1.807) is 6.07 Å². The van der Waals surface area contributed by atoms with Crippen molar-refractivity contribution in [2.45, 2.75) is 50.9 Å². The quantitative estimate of drug-likeness (QED) is 0.711. The molecule has 1 aromatic carbocycles. The van der Waals surface area contributed by atoms with E-state index in [4.69, 9.17) is 14.2 Å². The summed E-state index contributed by atoms with van der Waals surface area (Å²) in [5.74, 6) is 0.155. The highest BCUT2D eigenvalue weighted by Gasteiger charge is 2.33. The van der Waals surface area contributed by atoms with Crippen molar-refractivity contribution in [3.8, 4) is 5.75 Å². The number of unbranched alkanes of at least 4 members (excludes halogenated alkanes) is 1. The van der Waals surface area contributed by atoms with Crippen LogP contribution in [0.15, 0.2) is 18.2 Å². The highest BCUT2D eigenvalue weighted by atomic mass is 19.1. The second-order valence-electron chi connectivity index (χ2n) is 5.63. The molecule has 0 amide bonds. The van der Waals surface area contributed by atoms with Gasteiger partial charge in [-0.2, -0.15) is 0 Å². The summed E-state index contributed by atoms with van der Waals surface area (Å²) in [5.41, 5.74) is 0.542. The average Bonchev–Trinajstić information content (AvgIpc) is 2.49. The Hall–Kier alpha value is -1.17. The van der Waals surface area contributed by atoms with E-state index in [9.17, 15) is 9.50 Å². The van der Waals surface area contributed by atoms with Gasteiger partial charge in [-0.1, -0.05) is 13.3 Å². The molecular formula is C17H25FO4. The van der Waals surface area contributed by atoms with Crippen molar-refractivity contribution in [1.82, 2.24) is 0 Å². The number of ether oxygens (including phenoxy) is 3. The molecule has 5 heteroatoms. The van der Waals surface area contributed by atoms with Crippen LogP contribution in [0, 0.1) is 5.82 Å². The molecule has 2 rings (SSSR count). The third kappa shape index (κ3) is 4.41. The first-order chi connectivity index (χ1) is 10.7. The summed E-state index contributed by atoms with van der Waals surface area (Å²) in [5, 5.41) is 9.56. The smallest absolute Gasteiger partial charge is 0.124 e. The Morgan fingerprint density at radius 3 is 2.73 bits per heavy atom. The maximum absolute atomic E-state index is 13.4. The zero-order valence-corrected chi connectivity index (χ0v) is 13.3. The Morgan fingerprint density at radius 1 is 1.32 bits per heavy atom. The van der Waals surface area contributed by atoms with Gasteiger partial charge in [-0.25, -0.2) is 4.39 Å². The maximum Gasteiger partial charge on any atom is 0.124 e. The Kier molecular flexibility index (Phi) is 6.61. The molecule has 1 atom stereocenters. The number of benzene rings is 1. The summed E-state index contributed by atoms with van der Waals surface area (Å²) >= 11 is 0. The molecule has 1 fully saturated rings. The van der Waals surface area contributed by atoms with Crippen LogP contribution in [0.1, 0.15) is 44.3 Å². The van der Waals surface area contributed by atoms with Crippen molar-refractivity contribution in [2.24, 2.45) is 0 Å². The lowest BCUT2D eigenvalue weighted by Crippen LogP contribution is -2.39. The third-order valence-electron chi connectivity index (χ3n) is 3.96. The van der Waals surface area contributed by atoms with Crippen LogP contribution in [0.25, 0.3) is 0 Å². The first kappa shape index (κ1) is 17.2. The van der Waals surface area contributed by atoms with Crippen LogP contribution in [0.3, 0.4) is 0 Å². The highest BCUT2D eigenvalue weighted by Crippen LogP contribution is 2.34. The molecule has 4 nitrogen and oxygen atoms in total. The minimum atomic E-state index is -0.577. The van der Waals surface area contributed by atoms with Crippen molar-refractivity contribution in [1.29, 1.82) is 0 Å². The summed E-state index contributed by atoms with van der Waals surface area (Å²) in [7, 11) is 1.52. The molecule has 0 spiro atoms. The zero-order valence-electron chi connectivity index (χ0n) is 13.3. The molecule has 0 radical (unpaired) electrons. The van der Waals surface area contributed by atoms with E-state index < -0.39 is 6.10 Å². The van der Waals surface area contributed by atoms with Gasteiger partial charge in [0, 0.05) is 12.2 Å². The molecule has 1 aliphatic rings. The summed E-state index contributed by atoms with van der Waals surface area (Å²) in [6.07, 6.45) is 3.53. The molecule has 124 valence electrons. The second-order valence-corrected chi connectivity index (χ2v) is 5.63. The van der Waals surface area contributed by atoms with Gasteiger partial charge in [0.15, 0.2) is 0 Å². The van der Waals surface area contributed by atoms with Crippen molar-refractivity contribution >= 4 is 0 Å². The highest BCUT2D eigenvalue weighted by molar-refractivity contribution is 5.36. The van der Waals surface area contributed by atoms with Crippen molar-refractivity contribution < 1.29 is 23.7 Å². The van der Waals surface area contributed by atoms with E-state index >= 15 is 0 Å². The number of hydrogen-bond acceptors (Lipinski definition) is 4. The van der Waals surface area contributed by atoms with Crippen LogP contribution in [0.4, 0.5) is 4.39 Å². The van der Waals surface area contributed by atoms with Crippen LogP contribution in [-0.4, -0.2) is 37.6 Å². The monoisotopic (exact) mass is 312 g/mol. The first-order valence-electron chi connectivity index (χ1n) is 7.89. The summed E-state index contributed by atoms with van der Waals surface area (Å²) in [6, 6.07) is 4.24. The van der Waals surface area contributed by atoms with Crippen LogP contribution in [-0.2, 0) is 9.47 Å². The predicted octanol–water partition coefficient (Wildman–Crippen LogP) is 3.23. The fourth-order valence-corrected chi connectivity index (χ4v) is 2.56. The first-order valence-corrected chi connectivity index (χ1v) is 7.89. The predicted molar refractivity (Wildman–Crippen MR) is 81.5 cm³/mol. The number of methoxy groups -OCH3 is 1. The number of aliphatic hydroxyl groups excluding tert-OH is 1. The van der Waals surface area contributed by atoms with E-state index in [0.717, 1.165) is 32.3 Å². The normalized spacial score (nSPS) is 22.2. The number of aliphatic hydroxyl groups is 1. The molecular weight excluding hydrogens is 287 g/mol. The number of halogens is 1. The lowest BCUT2D eigenvalue weighted by molar-refractivity contribution is -0.136. The van der Waals surface area contributed by atoms with Gasteiger partial charge in [-0.3, -0.25) is 0 Å². The largest absolute Gasteiger partial charge is 0.496 e. The van der Waals surface area contributed by atoms with Gasteiger partial charge in [0.2, 0.25) is 0 Å². The van der Waals surface area contributed by atoms with Gasteiger partial charge in [-0.05, 0) is 37.5 Å². The van der Waals surface area contributed by atoms with Gasteiger partial charge in [0.1, 0.15) is 17.7 Å². The minimum Gasteiger partial charge on any atom is -0.496 e. The molecule has 1 aromatic rings. The summed E-state index contributed by atoms with van der Waals surface area (Å²) in [6.45, 7) is 2.71. The standard InChI is InChI=1S/C17H25FO4/c1-3-4-7-21-13-9-14(10-13)22-17(11-19)15-8-12(18)5-6-16(15)20-2/h5-6,8,13-14,17,19H,3-4,7,9-11H2,1-2H3/t13-,14+,17-/m0/s1. The average molecular weight is 312 g/mol. The van der Waals surface area contributed by atoms with Gasteiger partial charge in [0.25, 0.3) is 0 Å². The van der Waals surface area contributed by atoms with E-state index in [0.29, 0.717) is 11.3 Å². The van der Waals surface area contributed by atoms with Crippen molar-refractivity contribution in [3.63, 3.8) is 0 Å². The molecule has 1 aliphatic carbocycles. The van der Waals surface area contributed by atoms with Crippen molar-refractivity contribution in [3.05, 3.63) is 29.6 Å². The number of hydrogen-bond donors (Lipinski definition) is 1. The lowest BCUT2D eigenvalue weighted by Gasteiger charge is -2.37. The Bertz CT molecular complexity index is 460. The van der Waals surface area contributed by atoms with Crippen molar-refractivity contribution in [2.75, 3.05) is 20.3 Å². The number of rotatable bonds is 9.